The van der Waals surface area contributed by atoms with E-state index in [2.05, 4.69) is 9.97 Å². The van der Waals surface area contributed by atoms with Crippen LogP contribution in [0, 0.1) is 12.3 Å². The number of aromatic amines is 1. The molecule has 0 aliphatic rings. The summed E-state index contributed by atoms with van der Waals surface area (Å²) in [5.41, 5.74) is 3.36. The maximum atomic E-state index is 13.1. The van der Waals surface area contributed by atoms with Crippen LogP contribution in [0.3, 0.4) is 0 Å². The van der Waals surface area contributed by atoms with E-state index in [-0.39, 0.29) is 5.78 Å². The summed E-state index contributed by atoms with van der Waals surface area (Å²) in [6.07, 6.45) is 5.37. The molecule has 1 aromatic carbocycles. The number of nitrogens with one attached hydrogen (secondary N) is 1. The molecule has 0 fully saturated rings. The number of aromatic nitrogens is 3. The van der Waals surface area contributed by atoms with Crippen LogP contribution in [-0.4, -0.2) is 42.5 Å². The first-order chi connectivity index (χ1) is 14.0. The summed E-state index contributed by atoms with van der Waals surface area (Å²) in [6.45, 7) is 5.97. The standard InChI is InChI=1S/C18H21N3O.C4H4O4/c1-12-15(20-11-19-12)9-18(2,3)17(22)14-10-21(4)16-8-6-5-7-13(14)16;5-3(6)1-2-4(7)8/h5-8,10-11H,9H2,1-4H3,(H,19,20);1-2H,(H,5,6)(H,7,8). The van der Waals surface area contributed by atoms with Gasteiger partial charge in [0, 0.05) is 59.4 Å². The molecule has 0 amide bonds. The molecule has 0 spiro atoms. The van der Waals surface area contributed by atoms with E-state index in [1.165, 1.54) is 0 Å². The minimum Gasteiger partial charge on any atom is -0.478 e. The maximum Gasteiger partial charge on any atom is 0.328 e. The van der Waals surface area contributed by atoms with Crippen LogP contribution in [0.4, 0.5) is 0 Å². The number of carboxylic acid groups (broad SMARTS) is 2. The third-order valence-corrected chi connectivity index (χ3v) is 4.67. The molecular weight excluding hydrogens is 386 g/mol. The zero-order valence-electron chi connectivity index (χ0n) is 17.3. The molecule has 0 radical (unpaired) electrons. The molecule has 0 saturated carbocycles. The fourth-order valence-corrected chi connectivity index (χ4v) is 3.09. The Morgan fingerprint density at radius 3 is 2.27 bits per heavy atom. The molecule has 30 heavy (non-hydrogen) atoms. The zero-order chi connectivity index (χ0) is 22.5. The number of fused-ring (bicyclic) bond motifs is 1. The summed E-state index contributed by atoms with van der Waals surface area (Å²) in [6, 6.07) is 8.02. The van der Waals surface area contributed by atoms with Gasteiger partial charge >= 0.3 is 11.9 Å². The number of rotatable bonds is 6. The summed E-state index contributed by atoms with van der Waals surface area (Å²) >= 11 is 0. The van der Waals surface area contributed by atoms with Gasteiger partial charge in [0.15, 0.2) is 5.78 Å². The number of aryl methyl sites for hydroxylation is 2. The number of imidazole rings is 1. The number of carbonyl (C=O) groups excluding carboxylic acids is 1. The monoisotopic (exact) mass is 411 g/mol. The van der Waals surface area contributed by atoms with E-state index in [4.69, 9.17) is 10.2 Å². The lowest BCUT2D eigenvalue weighted by atomic mass is 9.80. The van der Waals surface area contributed by atoms with Crippen LogP contribution in [0.15, 0.2) is 48.9 Å². The number of hydrogen-bond acceptors (Lipinski definition) is 4. The molecule has 8 heteroatoms. The Labute approximate surface area is 173 Å². The van der Waals surface area contributed by atoms with Gasteiger partial charge in [0.25, 0.3) is 0 Å². The highest BCUT2D eigenvalue weighted by Crippen LogP contribution is 2.31. The fraction of sp³-hybridized carbons (Fsp3) is 0.273. The predicted molar refractivity (Wildman–Crippen MR) is 112 cm³/mol. The van der Waals surface area contributed by atoms with Gasteiger partial charge in [0.2, 0.25) is 0 Å². The highest BCUT2D eigenvalue weighted by Gasteiger charge is 2.32. The number of hydrogen-bond donors (Lipinski definition) is 3. The molecule has 0 bridgehead atoms. The number of carbonyl (C=O) groups is 3. The molecule has 8 nitrogen and oxygen atoms in total. The summed E-state index contributed by atoms with van der Waals surface area (Å²) in [7, 11) is 1.98. The highest BCUT2D eigenvalue weighted by atomic mass is 16.4. The van der Waals surface area contributed by atoms with Crippen molar-refractivity contribution in [3.63, 3.8) is 0 Å². The van der Waals surface area contributed by atoms with E-state index in [9.17, 15) is 14.4 Å². The van der Waals surface area contributed by atoms with Crippen molar-refractivity contribution < 1.29 is 24.6 Å². The minimum atomic E-state index is -1.26. The molecule has 2 aromatic heterocycles. The Bertz CT molecular complexity index is 1090. The molecule has 0 unspecified atom stereocenters. The second-order valence-corrected chi connectivity index (χ2v) is 7.54. The van der Waals surface area contributed by atoms with Gasteiger partial charge in [-0.25, -0.2) is 14.6 Å². The van der Waals surface area contributed by atoms with Crippen LogP contribution in [0.25, 0.3) is 10.9 Å². The van der Waals surface area contributed by atoms with E-state index in [1.807, 2.05) is 62.8 Å². The molecular formula is C22H25N3O5. The second-order valence-electron chi connectivity index (χ2n) is 7.54. The van der Waals surface area contributed by atoms with Crippen LogP contribution >= 0.6 is 0 Å². The number of nitrogens with zero attached hydrogens (tertiary/aromatic N) is 2. The van der Waals surface area contributed by atoms with E-state index >= 15 is 0 Å². The van der Waals surface area contributed by atoms with Gasteiger partial charge in [-0.3, -0.25) is 4.79 Å². The van der Waals surface area contributed by atoms with Crippen LogP contribution in [-0.2, 0) is 23.1 Å². The largest absolute Gasteiger partial charge is 0.478 e. The van der Waals surface area contributed by atoms with Gasteiger partial charge in [0.1, 0.15) is 0 Å². The van der Waals surface area contributed by atoms with Gasteiger partial charge in [-0.1, -0.05) is 32.0 Å². The third kappa shape index (κ3) is 5.44. The minimum absolute atomic E-state index is 0.159. The van der Waals surface area contributed by atoms with Gasteiger partial charge in [-0.05, 0) is 13.0 Å². The predicted octanol–water partition coefficient (Wildman–Crippen LogP) is 3.37. The van der Waals surface area contributed by atoms with Crippen molar-refractivity contribution >= 4 is 28.6 Å². The Morgan fingerprint density at radius 2 is 1.73 bits per heavy atom. The molecule has 0 saturated heterocycles. The van der Waals surface area contributed by atoms with Gasteiger partial charge in [0.05, 0.1) is 12.0 Å². The lowest BCUT2D eigenvalue weighted by Crippen LogP contribution is -2.27. The van der Waals surface area contributed by atoms with Crippen molar-refractivity contribution in [3.8, 4) is 0 Å². The van der Waals surface area contributed by atoms with Crippen molar-refractivity contribution in [2.24, 2.45) is 12.5 Å². The summed E-state index contributed by atoms with van der Waals surface area (Å²) in [4.78, 5) is 39.6. The number of Topliss-reactive ketones (excluding diaryl/α,β-unsaturated/α-hetero) is 1. The van der Waals surface area contributed by atoms with Crippen molar-refractivity contribution in [1.82, 2.24) is 14.5 Å². The lowest BCUT2D eigenvalue weighted by molar-refractivity contribution is -0.134. The molecule has 2 heterocycles. The highest BCUT2D eigenvalue weighted by molar-refractivity contribution is 6.10. The summed E-state index contributed by atoms with van der Waals surface area (Å²) < 4.78 is 2.01. The third-order valence-electron chi connectivity index (χ3n) is 4.67. The molecule has 0 atom stereocenters. The lowest BCUT2D eigenvalue weighted by Gasteiger charge is -2.22. The Hall–Kier alpha value is -3.68. The quantitative estimate of drug-likeness (QED) is 0.422. The van der Waals surface area contributed by atoms with E-state index < -0.39 is 17.4 Å². The average molecular weight is 411 g/mol. The van der Waals surface area contributed by atoms with E-state index in [0.717, 1.165) is 27.9 Å². The average Bonchev–Trinajstić information content (AvgIpc) is 3.23. The SMILES string of the molecule is Cc1[nH]cnc1CC(C)(C)C(=O)c1cn(C)c2ccccc12.O=C(O)C=CC(=O)O. The van der Waals surface area contributed by atoms with Gasteiger partial charge < -0.3 is 19.8 Å². The van der Waals surface area contributed by atoms with Gasteiger partial charge in [-0.15, -0.1) is 0 Å². The summed E-state index contributed by atoms with van der Waals surface area (Å²) in [5.74, 6) is -2.36. The number of para-hydroxylation sites is 1. The Balaban J connectivity index is 0.000000343. The van der Waals surface area contributed by atoms with Crippen LogP contribution in [0.5, 0.6) is 0 Å². The first kappa shape index (κ1) is 22.6. The second kappa shape index (κ2) is 9.21. The number of carboxylic acids is 2. The first-order valence-electron chi connectivity index (χ1n) is 9.24. The topological polar surface area (TPSA) is 125 Å². The number of benzene rings is 1. The number of aliphatic carboxylic acids is 2. The molecule has 158 valence electrons. The van der Waals surface area contributed by atoms with Crippen LogP contribution < -0.4 is 0 Å². The molecule has 3 N–H and O–H groups in total. The number of ketones is 1. The molecule has 3 aromatic rings. The first-order valence-corrected chi connectivity index (χ1v) is 9.24. The van der Waals surface area contributed by atoms with Gasteiger partial charge in [-0.2, -0.15) is 0 Å². The van der Waals surface area contributed by atoms with Crippen LogP contribution in [0.1, 0.15) is 35.6 Å². The molecule has 0 aliphatic carbocycles. The van der Waals surface area contributed by atoms with Crippen LogP contribution in [0.2, 0.25) is 0 Å². The normalized spacial score (nSPS) is 11.3. The zero-order valence-corrected chi connectivity index (χ0v) is 17.3. The maximum absolute atomic E-state index is 13.1. The van der Waals surface area contributed by atoms with E-state index in [1.54, 1.807) is 6.33 Å². The molecule has 3 rings (SSSR count). The van der Waals surface area contributed by atoms with Crippen molar-refractivity contribution in [2.45, 2.75) is 27.2 Å². The van der Waals surface area contributed by atoms with E-state index in [0.29, 0.717) is 18.6 Å². The van der Waals surface area contributed by atoms with Crippen molar-refractivity contribution in [2.75, 3.05) is 0 Å². The molecule has 0 aliphatic heterocycles. The summed E-state index contributed by atoms with van der Waals surface area (Å²) in [5, 5.41) is 16.6. The fourth-order valence-electron chi connectivity index (χ4n) is 3.09. The Kier molecular flexibility index (Phi) is 6.94. The Morgan fingerprint density at radius 1 is 1.13 bits per heavy atom. The van der Waals surface area contributed by atoms with Crippen molar-refractivity contribution in [3.05, 3.63) is 65.9 Å². The number of H-pyrrole nitrogens is 1. The smallest absolute Gasteiger partial charge is 0.328 e. The van der Waals surface area contributed by atoms with Crippen molar-refractivity contribution in [1.29, 1.82) is 0 Å².